The summed E-state index contributed by atoms with van der Waals surface area (Å²) in [4.78, 5) is 5.63. The molecule has 16 heavy (non-hydrogen) atoms. The number of aromatic nitrogens is 1. The fraction of sp³-hybridized carbons (Fsp3) is 0.250. The highest BCUT2D eigenvalue weighted by Gasteiger charge is 2.08. The van der Waals surface area contributed by atoms with E-state index in [1.807, 2.05) is 31.2 Å². The van der Waals surface area contributed by atoms with Gasteiger partial charge >= 0.3 is 0 Å². The van der Waals surface area contributed by atoms with Gasteiger partial charge in [-0.15, -0.1) is 22.9 Å². The Morgan fingerprint density at radius 1 is 1.31 bits per heavy atom. The van der Waals surface area contributed by atoms with E-state index in [0.29, 0.717) is 5.88 Å². The summed E-state index contributed by atoms with van der Waals surface area (Å²) in [5.74, 6) is 1.38. The molecule has 2 nitrogen and oxygen atoms in total. The third-order valence-corrected chi connectivity index (χ3v) is 3.98. The van der Waals surface area contributed by atoms with Crippen LogP contribution in [0, 0.1) is 6.92 Å². The number of hydrogen-bond acceptors (Lipinski definition) is 3. The van der Waals surface area contributed by atoms with Gasteiger partial charge in [0.1, 0.15) is 10.8 Å². The third kappa shape index (κ3) is 2.20. The van der Waals surface area contributed by atoms with Crippen LogP contribution in [-0.2, 0) is 5.88 Å². The van der Waals surface area contributed by atoms with Crippen molar-refractivity contribution in [2.75, 3.05) is 7.11 Å². The van der Waals surface area contributed by atoms with Crippen LogP contribution in [0.4, 0.5) is 0 Å². The number of rotatable bonds is 3. The average molecular weight is 254 g/mol. The van der Waals surface area contributed by atoms with Crippen LogP contribution in [0.5, 0.6) is 5.75 Å². The standard InChI is InChI=1S/C12H12ClNOS/c1-8-11(7-13)16-12(14-8)9-3-5-10(15-2)6-4-9/h3-6H,7H2,1-2H3. The fourth-order valence-electron chi connectivity index (χ4n) is 1.41. The first kappa shape index (κ1) is 11.4. The number of methoxy groups -OCH3 is 1. The average Bonchev–Trinajstić information content (AvgIpc) is 2.71. The van der Waals surface area contributed by atoms with Crippen molar-refractivity contribution in [1.82, 2.24) is 4.98 Å². The minimum Gasteiger partial charge on any atom is -0.497 e. The van der Waals surface area contributed by atoms with Crippen molar-refractivity contribution in [3.63, 3.8) is 0 Å². The maximum Gasteiger partial charge on any atom is 0.123 e. The monoisotopic (exact) mass is 253 g/mol. The van der Waals surface area contributed by atoms with Crippen LogP contribution in [0.1, 0.15) is 10.6 Å². The van der Waals surface area contributed by atoms with Crippen molar-refractivity contribution < 1.29 is 4.74 Å². The Morgan fingerprint density at radius 3 is 2.50 bits per heavy atom. The Labute approximate surface area is 104 Å². The fourth-order valence-corrected chi connectivity index (χ4v) is 2.68. The number of hydrogen-bond donors (Lipinski definition) is 0. The number of benzene rings is 1. The predicted molar refractivity (Wildman–Crippen MR) is 68.4 cm³/mol. The topological polar surface area (TPSA) is 22.1 Å². The molecule has 0 aliphatic rings. The number of alkyl halides is 1. The lowest BCUT2D eigenvalue weighted by Crippen LogP contribution is -1.82. The smallest absolute Gasteiger partial charge is 0.123 e. The highest BCUT2D eigenvalue weighted by molar-refractivity contribution is 7.15. The van der Waals surface area contributed by atoms with Gasteiger partial charge in [0.25, 0.3) is 0 Å². The molecule has 0 spiro atoms. The normalized spacial score (nSPS) is 10.4. The Kier molecular flexibility index (Phi) is 3.46. The molecule has 0 unspecified atom stereocenters. The first-order valence-electron chi connectivity index (χ1n) is 4.91. The van der Waals surface area contributed by atoms with Gasteiger partial charge < -0.3 is 4.74 Å². The van der Waals surface area contributed by atoms with Crippen LogP contribution in [0.3, 0.4) is 0 Å². The van der Waals surface area contributed by atoms with Crippen molar-refractivity contribution in [2.24, 2.45) is 0 Å². The molecule has 84 valence electrons. The SMILES string of the molecule is COc1ccc(-c2nc(C)c(CCl)s2)cc1. The highest BCUT2D eigenvalue weighted by atomic mass is 35.5. The van der Waals surface area contributed by atoms with Gasteiger partial charge in [0.15, 0.2) is 0 Å². The molecule has 2 rings (SSSR count). The van der Waals surface area contributed by atoms with Gasteiger partial charge in [0, 0.05) is 10.4 Å². The molecule has 1 heterocycles. The van der Waals surface area contributed by atoms with E-state index < -0.39 is 0 Å². The van der Waals surface area contributed by atoms with E-state index >= 15 is 0 Å². The molecule has 0 bridgehead atoms. The van der Waals surface area contributed by atoms with Crippen LogP contribution < -0.4 is 4.74 Å². The summed E-state index contributed by atoms with van der Waals surface area (Å²) in [6, 6.07) is 7.89. The lowest BCUT2D eigenvalue weighted by molar-refractivity contribution is 0.415. The minimum atomic E-state index is 0.527. The van der Waals surface area contributed by atoms with Gasteiger partial charge in [-0.2, -0.15) is 0 Å². The van der Waals surface area contributed by atoms with E-state index in [0.717, 1.165) is 26.9 Å². The van der Waals surface area contributed by atoms with Crippen molar-refractivity contribution in [2.45, 2.75) is 12.8 Å². The molecule has 0 aliphatic heterocycles. The van der Waals surface area contributed by atoms with E-state index in [4.69, 9.17) is 16.3 Å². The molecule has 0 fully saturated rings. The van der Waals surface area contributed by atoms with Crippen LogP contribution in [0.25, 0.3) is 10.6 Å². The Morgan fingerprint density at radius 2 is 2.00 bits per heavy atom. The molecule has 0 saturated heterocycles. The molecule has 0 amide bonds. The van der Waals surface area contributed by atoms with Gasteiger partial charge in [-0.3, -0.25) is 0 Å². The van der Waals surface area contributed by atoms with Crippen LogP contribution in [0.15, 0.2) is 24.3 Å². The summed E-state index contributed by atoms with van der Waals surface area (Å²) in [7, 11) is 1.66. The molecule has 0 aliphatic carbocycles. The summed E-state index contributed by atoms with van der Waals surface area (Å²) in [5, 5.41) is 1.01. The molecule has 4 heteroatoms. The van der Waals surface area contributed by atoms with Gasteiger partial charge in [0.2, 0.25) is 0 Å². The van der Waals surface area contributed by atoms with E-state index in [1.54, 1.807) is 18.4 Å². The second-order valence-corrected chi connectivity index (χ2v) is 4.74. The minimum absolute atomic E-state index is 0.527. The number of ether oxygens (including phenoxy) is 1. The van der Waals surface area contributed by atoms with E-state index in [9.17, 15) is 0 Å². The largest absolute Gasteiger partial charge is 0.497 e. The maximum absolute atomic E-state index is 5.83. The Hall–Kier alpha value is -1.06. The lowest BCUT2D eigenvalue weighted by Gasteiger charge is -1.99. The van der Waals surface area contributed by atoms with Crippen LogP contribution in [-0.4, -0.2) is 12.1 Å². The molecular formula is C12H12ClNOS. The van der Waals surface area contributed by atoms with Crippen molar-refractivity contribution in [1.29, 1.82) is 0 Å². The number of halogens is 1. The molecule has 1 aromatic carbocycles. The molecule has 0 saturated carbocycles. The van der Waals surface area contributed by atoms with E-state index in [1.165, 1.54) is 0 Å². The predicted octanol–water partition coefficient (Wildman–Crippen LogP) is 3.87. The third-order valence-electron chi connectivity index (χ3n) is 2.35. The Balaban J connectivity index is 2.34. The zero-order valence-electron chi connectivity index (χ0n) is 9.16. The van der Waals surface area contributed by atoms with Gasteiger partial charge in [-0.1, -0.05) is 0 Å². The van der Waals surface area contributed by atoms with Crippen molar-refractivity contribution in [3.05, 3.63) is 34.8 Å². The van der Waals surface area contributed by atoms with Gasteiger partial charge in [-0.05, 0) is 31.2 Å². The van der Waals surface area contributed by atoms with Crippen molar-refractivity contribution in [3.8, 4) is 16.3 Å². The number of thiazole rings is 1. The second kappa shape index (κ2) is 4.85. The van der Waals surface area contributed by atoms with Gasteiger partial charge in [0.05, 0.1) is 18.7 Å². The summed E-state index contributed by atoms with van der Waals surface area (Å²) < 4.78 is 5.12. The number of nitrogens with zero attached hydrogens (tertiary/aromatic N) is 1. The molecule has 0 atom stereocenters. The molecule has 2 aromatic rings. The maximum atomic E-state index is 5.83. The summed E-state index contributed by atoms with van der Waals surface area (Å²) >= 11 is 7.47. The summed E-state index contributed by atoms with van der Waals surface area (Å²) in [5.41, 5.74) is 2.12. The van der Waals surface area contributed by atoms with Crippen LogP contribution in [0.2, 0.25) is 0 Å². The van der Waals surface area contributed by atoms with Gasteiger partial charge in [-0.25, -0.2) is 4.98 Å². The molecule has 0 radical (unpaired) electrons. The zero-order valence-corrected chi connectivity index (χ0v) is 10.7. The van der Waals surface area contributed by atoms with E-state index in [-0.39, 0.29) is 0 Å². The summed E-state index contributed by atoms with van der Waals surface area (Å²) in [6.07, 6.45) is 0. The molecule has 0 N–H and O–H groups in total. The first-order chi connectivity index (χ1) is 7.74. The van der Waals surface area contributed by atoms with Crippen molar-refractivity contribution >= 4 is 22.9 Å². The first-order valence-corrected chi connectivity index (χ1v) is 6.26. The second-order valence-electron chi connectivity index (χ2n) is 3.39. The lowest BCUT2D eigenvalue weighted by atomic mass is 10.2. The van der Waals surface area contributed by atoms with Crippen LogP contribution >= 0.6 is 22.9 Å². The Bertz CT molecular complexity index is 478. The molecule has 1 aromatic heterocycles. The number of aryl methyl sites for hydroxylation is 1. The zero-order chi connectivity index (χ0) is 11.5. The quantitative estimate of drug-likeness (QED) is 0.775. The molecular weight excluding hydrogens is 242 g/mol. The highest BCUT2D eigenvalue weighted by Crippen LogP contribution is 2.29. The van der Waals surface area contributed by atoms with E-state index in [2.05, 4.69) is 4.98 Å². The summed E-state index contributed by atoms with van der Waals surface area (Å²) in [6.45, 7) is 1.99.